The lowest BCUT2D eigenvalue weighted by Gasteiger charge is -2.30. The Kier molecular flexibility index (Phi) is 4.29. The zero-order chi connectivity index (χ0) is 13.9. The van der Waals surface area contributed by atoms with Crippen molar-refractivity contribution < 1.29 is 10.0 Å². The number of hydrogen-bond donors (Lipinski definition) is 1. The second-order valence-electron chi connectivity index (χ2n) is 5.05. The van der Waals surface area contributed by atoms with E-state index in [2.05, 4.69) is 0 Å². The molecular weight excluding hydrogens is 232 g/mol. The highest BCUT2D eigenvalue weighted by Crippen LogP contribution is 2.26. The van der Waals surface area contributed by atoms with E-state index in [4.69, 9.17) is 0 Å². The number of non-ortho nitro benzene ring substituents is 1. The largest absolute Gasteiger partial charge is 0.389 e. The van der Waals surface area contributed by atoms with Crippen LogP contribution in [0.3, 0.4) is 0 Å². The average molecular weight is 252 g/mol. The molecule has 1 rings (SSSR count). The maximum Gasteiger partial charge on any atom is 0.271 e. The summed E-state index contributed by atoms with van der Waals surface area (Å²) in [5.74, 6) is 0. The Hall–Kier alpha value is -1.62. The molecule has 0 heterocycles. The van der Waals surface area contributed by atoms with Gasteiger partial charge in [-0.05, 0) is 33.3 Å². The van der Waals surface area contributed by atoms with Gasteiger partial charge in [-0.1, -0.05) is 6.07 Å². The number of anilines is 1. The van der Waals surface area contributed by atoms with Crippen LogP contribution in [0.5, 0.6) is 0 Å². The first-order valence-corrected chi connectivity index (χ1v) is 5.97. The predicted molar refractivity (Wildman–Crippen MR) is 72.0 cm³/mol. The molecule has 0 aliphatic heterocycles. The van der Waals surface area contributed by atoms with Crippen LogP contribution in [-0.4, -0.2) is 28.7 Å². The van der Waals surface area contributed by atoms with Crippen LogP contribution in [-0.2, 0) is 0 Å². The van der Waals surface area contributed by atoms with Crippen LogP contribution in [0, 0.1) is 17.0 Å². The number of nitro groups is 1. The summed E-state index contributed by atoms with van der Waals surface area (Å²) in [6.45, 7) is 8.44. The van der Waals surface area contributed by atoms with E-state index in [0.717, 1.165) is 11.3 Å². The summed E-state index contributed by atoms with van der Waals surface area (Å²) < 4.78 is 0. The van der Waals surface area contributed by atoms with Gasteiger partial charge < -0.3 is 10.0 Å². The van der Waals surface area contributed by atoms with Gasteiger partial charge in [0.05, 0.1) is 10.5 Å². The monoisotopic (exact) mass is 252 g/mol. The molecule has 0 radical (unpaired) electrons. The van der Waals surface area contributed by atoms with Crippen molar-refractivity contribution in [2.24, 2.45) is 0 Å². The highest BCUT2D eigenvalue weighted by molar-refractivity contribution is 5.58. The van der Waals surface area contributed by atoms with E-state index in [-0.39, 0.29) is 5.69 Å². The third-order valence-electron chi connectivity index (χ3n) is 2.70. The number of benzene rings is 1. The minimum absolute atomic E-state index is 0.0739. The molecule has 5 heteroatoms. The Morgan fingerprint density at radius 3 is 2.50 bits per heavy atom. The third-order valence-corrected chi connectivity index (χ3v) is 2.70. The summed E-state index contributed by atoms with van der Waals surface area (Å²) in [5, 5.41) is 20.7. The van der Waals surface area contributed by atoms with Crippen LogP contribution in [0.1, 0.15) is 26.3 Å². The van der Waals surface area contributed by atoms with Gasteiger partial charge in [0.25, 0.3) is 5.69 Å². The van der Waals surface area contributed by atoms with Gasteiger partial charge in [0, 0.05) is 30.9 Å². The lowest BCUT2D eigenvalue weighted by Crippen LogP contribution is -2.38. The van der Waals surface area contributed by atoms with Gasteiger partial charge in [-0.15, -0.1) is 0 Å². The van der Waals surface area contributed by atoms with Gasteiger partial charge in [-0.2, -0.15) is 0 Å². The summed E-state index contributed by atoms with van der Waals surface area (Å²) in [6, 6.07) is 4.79. The van der Waals surface area contributed by atoms with Crippen molar-refractivity contribution in [2.75, 3.05) is 18.0 Å². The maximum atomic E-state index is 10.8. The molecule has 0 saturated carbocycles. The molecule has 0 aliphatic carbocycles. The molecule has 0 atom stereocenters. The molecule has 1 N–H and O–H groups in total. The Bertz CT molecular complexity index is 438. The number of rotatable bonds is 5. The second-order valence-corrected chi connectivity index (χ2v) is 5.05. The maximum absolute atomic E-state index is 10.8. The molecule has 0 unspecified atom stereocenters. The van der Waals surface area contributed by atoms with Gasteiger partial charge in [0.15, 0.2) is 0 Å². The van der Waals surface area contributed by atoms with E-state index in [0.29, 0.717) is 13.1 Å². The number of nitro benzene ring substituents is 1. The summed E-state index contributed by atoms with van der Waals surface area (Å²) in [6.07, 6.45) is 0. The molecule has 0 fully saturated rings. The molecule has 0 bridgehead atoms. The molecule has 100 valence electrons. The normalized spacial score (nSPS) is 11.4. The first-order valence-electron chi connectivity index (χ1n) is 5.97. The Labute approximate surface area is 107 Å². The number of hydrogen-bond acceptors (Lipinski definition) is 4. The van der Waals surface area contributed by atoms with Crippen LogP contribution >= 0.6 is 0 Å². The van der Waals surface area contributed by atoms with E-state index in [1.165, 1.54) is 6.07 Å². The molecule has 0 amide bonds. The fourth-order valence-electron chi connectivity index (χ4n) is 1.89. The van der Waals surface area contributed by atoms with Crippen molar-refractivity contribution >= 4 is 11.4 Å². The third kappa shape index (κ3) is 3.70. The Morgan fingerprint density at radius 2 is 2.06 bits per heavy atom. The first-order chi connectivity index (χ1) is 8.24. The van der Waals surface area contributed by atoms with Crippen LogP contribution < -0.4 is 4.90 Å². The number of likely N-dealkylation sites (N-methyl/N-ethyl adjacent to an activating group) is 1. The molecule has 0 spiro atoms. The van der Waals surface area contributed by atoms with Crippen LogP contribution in [0.4, 0.5) is 11.4 Å². The number of aryl methyl sites for hydroxylation is 1. The van der Waals surface area contributed by atoms with Crippen LogP contribution in [0.2, 0.25) is 0 Å². The number of nitrogens with zero attached hydrogens (tertiary/aromatic N) is 2. The van der Waals surface area contributed by atoms with E-state index in [1.807, 2.05) is 18.7 Å². The molecule has 0 aromatic heterocycles. The van der Waals surface area contributed by atoms with Crippen molar-refractivity contribution in [3.05, 3.63) is 33.9 Å². The topological polar surface area (TPSA) is 66.6 Å². The average Bonchev–Trinajstić information content (AvgIpc) is 2.25. The quantitative estimate of drug-likeness (QED) is 0.646. The lowest BCUT2D eigenvalue weighted by molar-refractivity contribution is -0.384. The van der Waals surface area contributed by atoms with Gasteiger partial charge in [0.1, 0.15) is 0 Å². The van der Waals surface area contributed by atoms with Gasteiger partial charge in [-0.25, -0.2) is 0 Å². The summed E-state index contributed by atoms with van der Waals surface area (Å²) >= 11 is 0. The fraction of sp³-hybridized carbons (Fsp3) is 0.538. The minimum Gasteiger partial charge on any atom is -0.389 e. The van der Waals surface area contributed by atoms with E-state index < -0.39 is 10.5 Å². The molecule has 0 aliphatic rings. The Balaban J connectivity index is 3.12. The highest BCUT2D eigenvalue weighted by atomic mass is 16.6. The molecule has 5 nitrogen and oxygen atoms in total. The lowest BCUT2D eigenvalue weighted by atomic mass is 10.1. The summed E-state index contributed by atoms with van der Waals surface area (Å²) in [5.41, 5.74) is 0.998. The van der Waals surface area contributed by atoms with Crippen molar-refractivity contribution in [3.63, 3.8) is 0 Å². The standard InChI is InChI=1S/C13H20N2O3/c1-5-14(9-13(3,4)16)12-8-11(15(17)18)7-6-10(12)2/h6-8,16H,5,9H2,1-4H3. The smallest absolute Gasteiger partial charge is 0.271 e. The van der Waals surface area contributed by atoms with Gasteiger partial charge in [0.2, 0.25) is 0 Å². The SMILES string of the molecule is CCN(CC(C)(C)O)c1cc([N+](=O)[O-])ccc1C. The van der Waals surface area contributed by atoms with Crippen LogP contribution in [0.25, 0.3) is 0 Å². The highest BCUT2D eigenvalue weighted by Gasteiger charge is 2.20. The summed E-state index contributed by atoms with van der Waals surface area (Å²) in [4.78, 5) is 12.3. The minimum atomic E-state index is -0.840. The fourth-order valence-corrected chi connectivity index (χ4v) is 1.89. The Morgan fingerprint density at radius 1 is 1.44 bits per heavy atom. The van der Waals surface area contributed by atoms with E-state index in [9.17, 15) is 15.2 Å². The van der Waals surface area contributed by atoms with Crippen molar-refractivity contribution in [1.29, 1.82) is 0 Å². The molecule has 1 aromatic carbocycles. The van der Waals surface area contributed by atoms with Crippen LogP contribution in [0.15, 0.2) is 18.2 Å². The molecule has 18 heavy (non-hydrogen) atoms. The first kappa shape index (κ1) is 14.4. The predicted octanol–water partition coefficient (Wildman–Crippen LogP) is 2.50. The molecule has 1 aromatic rings. The van der Waals surface area contributed by atoms with Gasteiger partial charge in [-0.3, -0.25) is 10.1 Å². The molecular formula is C13H20N2O3. The second kappa shape index (κ2) is 5.35. The van der Waals surface area contributed by atoms with Crippen molar-refractivity contribution in [2.45, 2.75) is 33.3 Å². The summed E-state index contributed by atoms with van der Waals surface area (Å²) in [7, 11) is 0. The molecule has 0 saturated heterocycles. The van der Waals surface area contributed by atoms with Crippen molar-refractivity contribution in [3.8, 4) is 0 Å². The zero-order valence-corrected chi connectivity index (χ0v) is 11.3. The van der Waals surface area contributed by atoms with E-state index >= 15 is 0 Å². The van der Waals surface area contributed by atoms with E-state index in [1.54, 1.807) is 26.0 Å². The number of aliphatic hydroxyl groups is 1. The van der Waals surface area contributed by atoms with Crippen molar-refractivity contribution in [1.82, 2.24) is 0 Å². The van der Waals surface area contributed by atoms with Gasteiger partial charge >= 0.3 is 0 Å². The zero-order valence-electron chi connectivity index (χ0n) is 11.3.